The van der Waals surface area contributed by atoms with Gasteiger partial charge in [0.05, 0.1) is 30.6 Å². The molecule has 0 bridgehead atoms. The molecule has 4 aromatic rings. The number of terminal acetylenes is 1. The molecular weight excluding hydrogens is 853 g/mol. The fourth-order valence-electron chi connectivity index (χ4n) is 4.53. The number of aromatic nitrogens is 4. The van der Waals surface area contributed by atoms with Gasteiger partial charge in [-0.1, -0.05) is 18.1 Å². The summed E-state index contributed by atoms with van der Waals surface area (Å²) in [6.07, 6.45) is 8.07. The van der Waals surface area contributed by atoms with E-state index in [4.69, 9.17) is 16.7 Å². The van der Waals surface area contributed by atoms with E-state index < -0.39 is 10.0 Å². The normalized spacial score (nSPS) is 10.6. The van der Waals surface area contributed by atoms with Crippen molar-refractivity contribution in [1.29, 1.82) is 5.53 Å². The van der Waals surface area contributed by atoms with Crippen LogP contribution < -0.4 is 10.4 Å². The Morgan fingerprint density at radius 2 is 1.52 bits per heavy atom. The molecule has 60 heavy (non-hydrogen) atoms. The van der Waals surface area contributed by atoms with Crippen molar-refractivity contribution in [3.05, 3.63) is 57.1 Å². The van der Waals surface area contributed by atoms with Gasteiger partial charge in [-0.25, -0.2) is 18.2 Å². The molecule has 0 atom stereocenters. The molecule has 0 saturated heterocycles. The van der Waals surface area contributed by atoms with Crippen LogP contribution in [0.25, 0.3) is 15.9 Å². The standard InChI is InChI=1S/C19H19N5O4S2.C19H4.H3N5O4S2.7H2/c1-28-13-5-3-12(4-6-13)9-23-18-16(17-20-11-21-24(17)19(23)25)14-7-8-22(30(2,26)27)10-15(14)29-18;1-3-5-7-9-11-13-15-17-19-18-16-14-12-10-8-6-4-2;1-2-3-4-5(6-8-10)7-9-11;;;;;;;/h3-6,11H,7-10H2,1-2H3;1H,2H3;1,10-11H;7*1H/b;;2-1?,4-3+;;;;;;;. The molecule has 0 radical (unpaired) electrons. The summed E-state index contributed by atoms with van der Waals surface area (Å²) in [7, 11) is -1.68. The molecule has 1 aromatic carbocycles. The monoisotopic (exact) mass is 892 g/mol. The Bertz CT molecular complexity index is 3000. The number of hydrogen-bond donors (Lipinski definition) is 3. The highest BCUT2D eigenvalue weighted by Crippen LogP contribution is 2.37. The quantitative estimate of drug-likeness (QED) is 0.0490. The second-order valence-electron chi connectivity index (χ2n) is 10.3. The summed E-state index contributed by atoms with van der Waals surface area (Å²) in [5, 5.41) is 13.4. The van der Waals surface area contributed by atoms with E-state index in [1.807, 2.05) is 24.3 Å². The number of nitrogens with one attached hydrogen (secondary N) is 1. The molecule has 0 unspecified atom stereocenters. The van der Waals surface area contributed by atoms with Gasteiger partial charge in [0.25, 0.3) is 0 Å². The maximum Gasteiger partial charge on any atom is 0.352 e. The first-order valence-corrected chi connectivity index (χ1v) is 19.4. The van der Waals surface area contributed by atoms with Crippen LogP contribution in [0.2, 0.25) is 0 Å². The van der Waals surface area contributed by atoms with Crippen LogP contribution in [0.3, 0.4) is 0 Å². The summed E-state index contributed by atoms with van der Waals surface area (Å²) in [6.45, 7) is 2.79. The second kappa shape index (κ2) is 25.9. The van der Waals surface area contributed by atoms with E-state index in [1.165, 1.54) is 32.7 Å². The molecule has 0 amide bonds. The van der Waals surface area contributed by atoms with Crippen LogP contribution in [0.15, 0.2) is 51.1 Å². The fraction of sp³-hybridized carbons (Fsp3) is 0.184. The third-order valence-corrected chi connectivity index (χ3v) is 9.45. The van der Waals surface area contributed by atoms with E-state index in [0.29, 0.717) is 31.7 Å². The zero-order valence-corrected chi connectivity index (χ0v) is 34.7. The number of thiol groups is 2. The van der Waals surface area contributed by atoms with Gasteiger partial charge in [0.15, 0.2) is 5.65 Å². The first-order chi connectivity index (χ1) is 29.1. The van der Waals surface area contributed by atoms with Crippen molar-refractivity contribution in [2.24, 2.45) is 15.7 Å². The summed E-state index contributed by atoms with van der Waals surface area (Å²) >= 11 is 7.80. The van der Waals surface area contributed by atoms with Crippen LogP contribution in [-0.2, 0) is 48.2 Å². The van der Waals surface area contributed by atoms with Crippen molar-refractivity contribution in [2.75, 3.05) is 19.9 Å². The summed E-state index contributed by atoms with van der Waals surface area (Å²) in [4.78, 5) is 27.2. The van der Waals surface area contributed by atoms with E-state index in [1.54, 1.807) is 18.6 Å². The third-order valence-electron chi connectivity index (χ3n) is 6.82. The van der Waals surface area contributed by atoms with Gasteiger partial charge in [0.2, 0.25) is 10.0 Å². The fourth-order valence-corrected chi connectivity index (χ4v) is 6.87. The average molecular weight is 893 g/mol. The molecule has 0 spiro atoms. The maximum atomic E-state index is 13.2. The lowest BCUT2D eigenvalue weighted by atomic mass is 10.1. The Labute approximate surface area is 369 Å². The van der Waals surface area contributed by atoms with Gasteiger partial charge in [-0.2, -0.15) is 19.5 Å². The molecule has 1 aliphatic heterocycles. The molecular formula is C38H40N10O8S4. The van der Waals surface area contributed by atoms with Crippen molar-refractivity contribution < 1.29 is 41.8 Å². The van der Waals surface area contributed by atoms with Crippen LogP contribution in [0.4, 0.5) is 0 Å². The number of benzene rings is 1. The number of thiophene rings is 1. The highest BCUT2D eigenvalue weighted by atomic mass is 32.2. The predicted octanol–water partition coefficient (Wildman–Crippen LogP) is 4.89. The Hall–Kier alpha value is -7.18. The number of fused-ring (bicyclic) bond motifs is 5. The molecule has 4 heterocycles. The molecule has 22 heteroatoms. The minimum Gasteiger partial charge on any atom is -0.497 e. The highest BCUT2D eigenvalue weighted by Gasteiger charge is 2.29. The van der Waals surface area contributed by atoms with Gasteiger partial charge in [-0.15, -0.1) is 26.4 Å². The van der Waals surface area contributed by atoms with Crippen molar-refractivity contribution in [2.45, 2.75) is 26.4 Å². The number of nitrogens with zero attached hydrogens (tertiary/aromatic N) is 9. The average Bonchev–Trinajstić information content (AvgIpc) is 3.89. The highest BCUT2D eigenvalue weighted by molar-refractivity contribution is 7.88. The Morgan fingerprint density at radius 3 is 2.02 bits per heavy atom. The van der Waals surface area contributed by atoms with E-state index in [9.17, 15) is 13.2 Å². The number of rotatable bonds is 10. The summed E-state index contributed by atoms with van der Waals surface area (Å²) in [6, 6.07) is 7.55. The number of hydrogen-bond acceptors (Lipinski definition) is 15. The van der Waals surface area contributed by atoms with Crippen LogP contribution in [0.1, 0.15) is 32.9 Å². The summed E-state index contributed by atoms with van der Waals surface area (Å²) < 4.78 is 41.3. The SMILES string of the molecule is C#CC#CC#CC#CC#CC#CC#CC#CC#CC.COc1ccc(Cn2c(=O)n3ncnc3c3c4c(sc32)CN(S(C)(=O)=O)CC4)cc1.N=N/N=N/N(OOS)OOS.[HH].[HH].[HH].[HH].[HH].[HH].[HH]. The van der Waals surface area contributed by atoms with Crippen LogP contribution >= 0.6 is 37.2 Å². The molecule has 0 aliphatic carbocycles. The van der Waals surface area contributed by atoms with Crippen molar-refractivity contribution >= 4 is 63.0 Å². The van der Waals surface area contributed by atoms with Crippen molar-refractivity contribution in [1.82, 2.24) is 28.8 Å². The molecule has 3 aromatic heterocycles. The first-order valence-electron chi connectivity index (χ1n) is 16.0. The van der Waals surface area contributed by atoms with Crippen molar-refractivity contribution in [3.63, 3.8) is 0 Å². The third kappa shape index (κ3) is 15.0. The Balaban J connectivity index is -0.000000304. The molecule has 314 valence electrons. The van der Waals surface area contributed by atoms with Crippen LogP contribution in [0, 0.1) is 113 Å². The summed E-state index contributed by atoms with van der Waals surface area (Å²) in [5.41, 5.74) is 8.41. The van der Waals surface area contributed by atoms with Gasteiger partial charge >= 0.3 is 5.69 Å². The zero-order valence-electron chi connectivity index (χ0n) is 31.3. The molecule has 1 N–H and O–H groups in total. The Kier molecular flexibility index (Phi) is 20.4. The minimum atomic E-state index is -3.28. The van der Waals surface area contributed by atoms with Gasteiger partial charge in [-0.3, -0.25) is 4.57 Å². The number of methoxy groups -OCH3 is 1. The molecule has 0 fully saturated rings. The second-order valence-corrected chi connectivity index (χ2v) is 13.7. The van der Waals surface area contributed by atoms with Crippen LogP contribution in [0.5, 0.6) is 5.75 Å². The maximum absolute atomic E-state index is 13.2. The molecule has 18 nitrogen and oxygen atoms in total. The molecule has 5 rings (SSSR count). The van der Waals surface area contributed by atoms with Gasteiger partial charge in [0.1, 0.15) is 16.9 Å². The van der Waals surface area contributed by atoms with E-state index in [-0.39, 0.29) is 21.0 Å². The lowest BCUT2D eigenvalue weighted by Crippen LogP contribution is -2.34. The van der Waals surface area contributed by atoms with Gasteiger partial charge in [0, 0.05) is 59.0 Å². The lowest BCUT2D eigenvalue weighted by Gasteiger charge is -2.24. The van der Waals surface area contributed by atoms with E-state index >= 15 is 0 Å². The van der Waals surface area contributed by atoms with E-state index in [0.717, 1.165) is 32.0 Å². The largest absolute Gasteiger partial charge is 0.497 e. The molecule has 1 aliphatic rings. The van der Waals surface area contributed by atoms with Gasteiger partial charge < -0.3 is 4.74 Å². The summed E-state index contributed by atoms with van der Waals surface area (Å²) in [5.74, 6) is 42.7. The topological polar surface area (TPSA) is 200 Å². The molecule has 0 saturated carbocycles. The van der Waals surface area contributed by atoms with Crippen LogP contribution in [-0.4, -0.2) is 57.1 Å². The van der Waals surface area contributed by atoms with E-state index in [2.05, 4.69) is 171 Å². The lowest BCUT2D eigenvalue weighted by molar-refractivity contribution is -0.555. The number of ether oxygens (including phenoxy) is 1. The smallest absolute Gasteiger partial charge is 0.352 e. The Morgan fingerprint density at radius 1 is 0.950 bits per heavy atom. The van der Waals surface area contributed by atoms with Crippen molar-refractivity contribution in [3.8, 4) is 113 Å². The zero-order chi connectivity index (χ0) is 43.6. The number of sulfonamides is 1. The van der Waals surface area contributed by atoms with Gasteiger partial charge in [-0.05, 0) is 152 Å². The predicted molar refractivity (Wildman–Crippen MR) is 239 cm³/mol. The minimum absolute atomic E-state index is 0. The first kappa shape index (κ1) is 47.2.